The van der Waals surface area contributed by atoms with E-state index in [9.17, 15) is 9.59 Å². The molecule has 4 bridgehead atoms. The van der Waals surface area contributed by atoms with Crippen LogP contribution in [0.15, 0.2) is 48.5 Å². The lowest BCUT2D eigenvalue weighted by Crippen LogP contribution is -2.63. The summed E-state index contributed by atoms with van der Waals surface area (Å²) < 4.78 is 13.0. The fourth-order valence-electron chi connectivity index (χ4n) is 6.17. The van der Waals surface area contributed by atoms with Gasteiger partial charge in [-0.15, -0.1) is 0 Å². The van der Waals surface area contributed by atoms with Gasteiger partial charge in [0.1, 0.15) is 22.7 Å². The Bertz CT molecular complexity index is 886. The van der Waals surface area contributed by atoms with Crippen LogP contribution in [-0.2, 0) is 0 Å². The zero-order valence-electron chi connectivity index (χ0n) is 16.5. The van der Waals surface area contributed by atoms with Crippen LogP contribution in [0.4, 0.5) is 0 Å². The molecule has 4 saturated carbocycles. The molecule has 0 radical (unpaired) electrons. The van der Waals surface area contributed by atoms with Crippen LogP contribution >= 0.6 is 0 Å². The topological polar surface area (TPSA) is 93.1 Å². The first kappa shape index (κ1) is 19.0. The Morgan fingerprint density at radius 1 is 0.700 bits per heavy atom. The van der Waals surface area contributed by atoms with Crippen LogP contribution in [0, 0.1) is 11.8 Å². The minimum absolute atomic E-state index is 0.248. The summed E-state index contributed by atoms with van der Waals surface area (Å²) in [6.07, 6.45) is 5.96. The van der Waals surface area contributed by atoms with Crippen molar-refractivity contribution in [3.8, 4) is 11.5 Å². The van der Waals surface area contributed by atoms with Gasteiger partial charge in [-0.3, -0.25) is 0 Å². The van der Waals surface area contributed by atoms with Crippen LogP contribution in [-0.4, -0.2) is 33.4 Å². The van der Waals surface area contributed by atoms with Crippen LogP contribution in [0.5, 0.6) is 11.5 Å². The zero-order chi connectivity index (χ0) is 20.9. The third-order valence-electron chi connectivity index (χ3n) is 6.82. The van der Waals surface area contributed by atoms with E-state index in [1.807, 2.05) is 0 Å². The molecule has 30 heavy (non-hydrogen) atoms. The smallest absolute Gasteiger partial charge is 0.335 e. The maximum Gasteiger partial charge on any atom is 0.335 e. The summed E-state index contributed by atoms with van der Waals surface area (Å²) in [4.78, 5) is 22.2. The molecule has 0 unspecified atom stereocenters. The number of hydrogen-bond acceptors (Lipinski definition) is 4. The van der Waals surface area contributed by atoms with Gasteiger partial charge in [-0.05, 0) is 92.5 Å². The van der Waals surface area contributed by atoms with Gasteiger partial charge in [0.2, 0.25) is 0 Å². The average Bonchev–Trinajstić information content (AvgIpc) is 2.67. The second-order valence-corrected chi connectivity index (χ2v) is 9.19. The molecule has 0 atom stereocenters. The Hall–Kier alpha value is -3.02. The van der Waals surface area contributed by atoms with E-state index in [0.29, 0.717) is 23.3 Å². The Labute approximate surface area is 174 Å². The van der Waals surface area contributed by atoms with Gasteiger partial charge in [-0.2, -0.15) is 0 Å². The van der Waals surface area contributed by atoms with Crippen LogP contribution in [0.3, 0.4) is 0 Å². The van der Waals surface area contributed by atoms with E-state index in [4.69, 9.17) is 19.7 Å². The molecule has 0 aromatic heterocycles. The van der Waals surface area contributed by atoms with Gasteiger partial charge >= 0.3 is 11.9 Å². The molecule has 0 aliphatic heterocycles. The quantitative estimate of drug-likeness (QED) is 0.724. The molecule has 6 nitrogen and oxygen atoms in total. The van der Waals surface area contributed by atoms with Crippen LogP contribution < -0.4 is 9.47 Å². The summed E-state index contributed by atoms with van der Waals surface area (Å²) in [7, 11) is 0. The lowest BCUT2D eigenvalue weighted by molar-refractivity contribution is -0.177. The molecule has 4 aliphatic carbocycles. The number of carboxylic acids is 2. The second-order valence-electron chi connectivity index (χ2n) is 9.19. The number of carbonyl (C=O) groups is 2. The van der Waals surface area contributed by atoms with E-state index in [0.717, 1.165) is 32.1 Å². The molecular weight excluding hydrogens is 384 g/mol. The first-order valence-corrected chi connectivity index (χ1v) is 10.4. The van der Waals surface area contributed by atoms with E-state index >= 15 is 0 Å². The van der Waals surface area contributed by atoms with E-state index < -0.39 is 11.9 Å². The van der Waals surface area contributed by atoms with Gasteiger partial charge in [-0.25, -0.2) is 9.59 Å². The molecule has 2 aromatic carbocycles. The standard InChI is InChI=1S/C24H24O6/c25-21(26)17-1-5-19(6-2-17)29-23-10-15-9-16(11-23)13-24(12-15,14-23)30-20-7-3-18(4-8-20)22(27)28/h1-8,15-16H,9-14H2,(H,25,26)(H,27,28). The summed E-state index contributed by atoms with van der Waals surface area (Å²) in [6, 6.07) is 13.3. The van der Waals surface area contributed by atoms with Crippen molar-refractivity contribution in [2.75, 3.05) is 0 Å². The Morgan fingerprint density at radius 3 is 1.40 bits per heavy atom. The summed E-state index contributed by atoms with van der Waals surface area (Å²) >= 11 is 0. The molecule has 2 aromatic rings. The average molecular weight is 408 g/mol. The minimum Gasteiger partial charge on any atom is -0.487 e. The highest BCUT2D eigenvalue weighted by molar-refractivity contribution is 5.88. The lowest BCUT2D eigenvalue weighted by atomic mass is 9.52. The van der Waals surface area contributed by atoms with Crippen LogP contribution in [0.1, 0.15) is 59.2 Å². The summed E-state index contributed by atoms with van der Waals surface area (Å²) in [5, 5.41) is 18.2. The van der Waals surface area contributed by atoms with Gasteiger partial charge in [-0.1, -0.05) is 0 Å². The largest absolute Gasteiger partial charge is 0.487 e. The van der Waals surface area contributed by atoms with Crippen molar-refractivity contribution >= 4 is 11.9 Å². The van der Waals surface area contributed by atoms with Crippen molar-refractivity contribution in [1.29, 1.82) is 0 Å². The van der Waals surface area contributed by atoms with E-state index in [2.05, 4.69) is 0 Å². The van der Waals surface area contributed by atoms with Gasteiger partial charge in [0.15, 0.2) is 0 Å². The fraction of sp³-hybridized carbons (Fsp3) is 0.417. The normalized spacial score (nSPS) is 31.3. The molecule has 0 heterocycles. The van der Waals surface area contributed by atoms with Crippen LogP contribution in [0.2, 0.25) is 0 Å². The van der Waals surface area contributed by atoms with E-state index in [1.54, 1.807) is 48.5 Å². The van der Waals surface area contributed by atoms with E-state index in [-0.39, 0.29) is 22.3 Å². The molecule has 0 amide bonds. The summed E-state index contributed by atoms with van der Waals surface area (Å²) in [5.74, 6) is 0.590. The Morgan fingerprint density at radius 2 is 1.07 bits per heavy atom. The highest BCUT2D eigenvalue weighted by atomic mass is 16.5. The number of carboxylic acid groups (broad SMARTS) is 2. The first-order valence-electron chi connectivity index (χ1n) is 10.4. The van der Waals surface area contributed by atoms with Gasteiger partial charge in [0, 0.05) is 6.42 Å². The van der Waals surface area contributed by atoms with Gasteiger partial charge < -0.3 is 19.7 Å². The summed E-state index contributed by atoms with van der Waals surface area (Å²) in [6.45, 7) is 0. The van der Waals surface area contributed by atoms with Gasteiger partial charge in [0.25, 0.3) is 0 Å². The lowest BCUT2D eigenvalue weighted by Gasteiger charge is -2.60. The van der Waals surface area contributed by atoms with Gasteiger partial charge in [0.05, 0.1) is 11.1 Å². The van der Waals surface area contributed by atoms with Crippen molar-refractivity contribution < 1.29 is 29.3 Å². The maximum atomic E-state index is 11.1. The van der Waals surface area contributed by atoms with Crippen molar-refractivity contribution in [2.45, 2.75) is 49.7 Å². The SMILES string of the molecule is O=C(O)c1ccc(OC23CC4CC(C2)CC(Oc2ccc(C(=O)O)cc2)(C4)C3)cc1. The molecule has 6 heteroatoms. The van der Waals surface area contributed by atoms with Crippen molar-refractivity contribution in [3.05, 3.63) is 59.7 Å². The molecule has 4 aliphatic rings. The molecule has 0 spiro atoms. The predicted molar refractivity (Wildman–Crippen MR) is 108 cm³/mol. The van der Waals surface area contributed by atoms with Crippen molar-refractivity contribution in [3.63, 3.8) is 0 Å². The third kappa shape index (κ3) is 3.40. The highest BCUT2D eigenvalue weighted by Crippen LogP contribution is 2.60. The number of hydrogen-bond donors (Lipinski definition) is 2. The number of benzene rings is 2. The maximum absolute atomic E-state index is 11.1. The Balaban J connectivity index is 1.37. The Kier molecular flexibility index (Phi) is 4.27. The number of rotatable bonds is 6. The third-order valence-corrected chi connectivity index (χ3v) is 6.82. The molecule has 0 saturated heterocycles. The molecule has 156 valence electrons. The molecular formula is C24H24O6. The van der Waals surface area contributed by atoms with Crippen molar-refractivity contribution in [2.24, 2.45) is 11.8 Å². The molecule has 2 N–H and O–H groups in total. The first-order chi connectivity index (χ1) is 14.3. The molecule has 6 rings (SSSR count). The highest BCUT2D eigenvalue weighted by Gasteiger charge is 2.60. The van der Waals surface area contributed by atoms with E-state index in [1.165, 1.54) is 6.42 Å². The van der Waals surface area contributed by atoms with Crippen LogP contribution in [0.25, 0.3) is 0 Å². The fourth-order valence-corrected chi connectivity index (χ4v) is 6.17. The predicted octanol–water partition coefficient (Wildman–Crippen LogP) is 4.63. The number of aromatic carboxylic acids is 2. The minimum atomic E-state index is -0.947. The summed E-state index contributed by atoms with van der Waals surface area (Å²) in [5.41, 5.74) is -0.0963. The monoisotopic (exact) mass is 408 g/mol. The van der Waals surface area contributed by atoms with Crippen molar-refractivity contribution in [1.82, 2.24) is 0 Å². The zero-order valence-corrected chi connectivity index (χ0v) is 16.5. The molecule has 4 fully saturated rings. The second kappa shape index (κ2) is 6.76. The number of ether oxygens (including phenoxy) is 2.